The average molecular weight is 336 g/mol. The molecule has 20 heavy (non-hydrogen) atoms. The summed E-state index contributed by atoms with van der Waals surface area (Å²) in [5.41, 5.74) is 2.37. The van der Waals surface area contributed by atoms with Gasteiger partial charge >= 0.3 is 0 Å². The van der Waals surface area contributed by atoms with Gasteiger partial charge in [-0.25, -0.2) is 4.39 Å². The van der Waals surface area contributed by atoms with Crippen molar-refractivity contribution in [3.05, 3.63) is 69.9 Å². The lowest BCUT2D eigenvalue weighted by Gasteiger charge is -2.23. The van der Waals surface area contributed by atoms with Crippen molar-refractivity contribution in [3.8, 4) is 0 Å². The van der Waals surface area contributed by atoms with Crippen LogP contribution in [0.5, 0.6) is 0 Å². The van der Waals surface area contributed by atoms with E-state index >= 15 is 0 Å². The minimum Gasteiger partial charge on any atom is -0.303 e. The van der Waals surface area contributed by atoms with E-state index in [1.807, 2.05) is 24.3 Å². The third-order valence-corrected chi connectivity index (χ3v) is 4.03. The van der Waals surface area contributed by atoms with Gasteiger partial charge in [-0.3, -0.25) is 0 Å². The number of benzene rings is 2. The Morgan fingerprint density at radius 3 is 2.10 bits per heavy atom. The molecule has 0 aliphatic rings. The lowest BCUT2D eigenvalue weighted by atomic mass is 10.0. The number of hydrogen-bond donors (Lipinski definition) is 1. The fourth-order valence-electron chi connectivity index (χ4n) is 2.29. The van der Waals surface area contributed by atoms with E-state index in [1.54, 1.807) is 0 Å². The van der Waals surface area contributed by atoms with Crippen LogP contribution in [-0.4, -0.2) is 0 Å². The zero-order chi connectivity index (χ0) is 14.5. The highest BCUT2D eigenvalue weighted by atomic mass is 79.9. The minimum absolute atomic E-state index is 0.190. The first-order chi connectivity index (χ1) is 9.60. The van der Waals surface area contributed by atoms with Crippen LogP contribution in [0.15, 0.2) is 53.0 Å². The quantitative estimate of drug-likeness (QED) is 0.772. The molecule has 0 saturated heterocycles. The summed E-state index contributed by atoms with van der Waals surface area (Å²) in [4.78, 5) is 0. The maximum atomic E-state index is 13.0. The monoisotopic (exact) mass is 335 g/mol. The van der Waals surface area contributed by atoms with Crippen LogP contribution in [0.3, 0.4) is 0 Å². The Morgan fingerprint density at radius 1 is 1.00 bits per heavy atom. The van der Waals surface area contributed by atoms with Gasteiger partial charge in [0, 0.05) is 16.6 Å². The largest absolute Gasteiger partial charge is 0.303 e. The molecule has 0 aliphatic heterocycles. The van der Waals surface area contributed by atoms with Crippen molar-refractivity contribution in [1.29, 1.82) is 0 Å². The van der Waals surface area contributed by atoms with Crippen molar-refractivity contribution in [2.45, 2.75) is 32.4 Å². The summed E-state index contributed by atoms with van der Waals surface area (Å²) in [6, 6.07) is 15.5. The molecule has 0 aromatic heterocycles. The highest BCUT2D eigenvalue weighted by Gasteiger charge is 2.13. The first-order valence-electron chi connectivity index (χ1n) is 6.87. The van der Waals surface area contributed by atoms with Crippen LogP contribution in [0.2, 0.25) is 0 Å². The molecule has 2 aromatic rings. The van der Waals surface area contributed by atoms with Gasteiger partial charge in [-0.2, -0.15) is 0 Å². The van der Waals surface area contributed by atoms with E-state index in [4.69, 9.17) is 0 Å². The number of nitrogens with one attached hydrogen (secondary N) is 1. The molecule has 0 saturated carbocycles. The zero-order valence-electron chi connectivity index (χ0n) is 11.7. The van der Waals surface area contributed by atoms with Gasteiger partial charge in [0.25, 0.3) is 0 Å². The second-order valence-corrected chi connectivity index (χ2v) is 5.87. The second-order valence-electron chi connectivity index (χ2n) is 4.95. The van der Waals surface area contributed by atoms with Crippen molar-refractivity contribution in [2.24, 2.45) is 0 Å². The number of hydrogen-bond acceptors (Lipinski definition) is 1. The van der Waals surface area contributed by atoms with Crippen LogP contribution in [-0.2, 0) is 0 Å². The van der Waals surface area contributed by atoms with Crippen molar-refractivity contribution < 1.29 is 4.39 Å². The van der Waals surface area contributed by atoms with Gasteiger partial charge in [-0.05, 0) is 48.7 Å². The Labute approximate surface area is 128 Å². The highest BCUT2D eigenvalue weighted by molar-refractivity contribution is 9.10. The van der Waals surface area contributed by atoms with Gasteiger partial charge < -0.3 is 5.32 Å². The molecule has 3 heteroatoms. The predicted octanol–water partition coefficient (Wildman–Crippen LogP) is 5.39. The topological polar surface area (TPSA) is 12.0 Å². The van der Waals surface area contributed by atoms with Crippen molar-refractivity contribution >= 4 is 15.9 Å². The summed E-state index contributed by atoms with van der Waals surface area (Å²) in [6.45, 7) is 4.28. The Morgan fingerprint density at radius 2 is 1.55 bits per heavy atom. The normalized spacial score (nSPS) is 14.0. The van der Waals surface area contributed by atoms with Crippen LogP contribution < -0.4 is 5.32 Å². The van der Waals surface area contributed by atoms with E-state index in [2.05, 4.69) is 47.2 Å². The Balaban J connectivity index is 2.09. The Kier molecular flexibility index (Phi) is 5.32. The molecule has 0 amide bonds. The third-order valence-electron chi connectivity index (χ3n) is 3.50. The van der Waals surface area contributed by atoms with E-state index < -0.39 is 0 Å². The predicted molar refractivity (Wildman–Crippen MR) is 85.1 cm³/mol. The molecule has 0 spiro atoms. The van der Waals surface area contributed by atoms with Crippen molar-refractivity contribution in [2.75, 3.05) is 0 Å². The highest BCUT2D eigenvalue weighted by Crippen LogP contribution is 2.23. The maximum absolute atomic E-state index is 13.0. The van der Waals surface area contributed by atoms with E-state index in [0.717, 1.165) is 16.5 Å². The van der Waals surface area contributed by atoms with Gasteiger partial charge in [0.1, 0.15) is 5.82 Å². The SMILES string of the molecule is CCC(N[C@H](C)c1ccc(Br)cc1)c1ccc(F)cc1. The van der Waals surface area contributed by atoms with E-state index in [1.165, 1.54) is 17.7 Å². The molecule has 2 atom stereocenters. The van der Waals surface area contributed by atoms with E-state index in [-0.39, 0.29) is 17.9 Å². The average Bonchev–Trinajstić information content (AvgIpc) is 2.46. The molecule has 0 bridgehead atoms. The van der Waals surface area contributed by atoms with Crippen LogP contribution >= 0.6 is 15.9 Å². The lowest BCUT2D eigenvalue weighted by molar-refractivity contribution is 0.456. The summed E-state index contributed by atoms with van der Waals surface area (Å²) in [5.74, 6) is -0.190. The minimum atomic E-state index is -0.190. The molecular weight excluding hydrogens is 317 g/mol. The molecule has 2 aromatic carbocycles. The maximum Gasteiger partial charge on any atom is 0.123 e. The third kappa shape index (κ3) is 3.90. The van der Waals surface area contributed by atoms with Gasteiger partial charge in [0.05, 0.1) is 0 Å². The lowest BCUT2D eigenvalue weighted by Crippen LogP contribution is -2.24. The fraction of sp³-hybridized carbons (Fsp3) is 0.294. The van der Waals surface area contributed by atoms with Gasteiger partial charge in [0.15, 0.2) is 0 Å². The molecule has 2 rings (SSSR count). The van der Waals surface area contributed by atoms with Crippen LogP contribution in [0, 0.1) is 5.82 Å². The second kappa shape index (κ2) is 7.00. The van der Waals surface area contributed by atoms with Crippen molar-refractivity contribution in [1.82, 2.24) is 5.32 Å². The molecule has 0 fully saturated rings. The van der Waals surface area contributed by atoms with Crippen LogP contribution in [0.4, 0.5) is 4.39 Å². The van der Waals surface area contributed by atoms with E-state index in [0.29, 0.717) is 0 Å². The Bertz CT molecular complexity index is 536. The van der Waals surface area contributed by atoms with Crippen LogP contribution in [0.25, 0.3) is 0 Å². The fourth-order valence-corrected chi connectivity index (χ4v) is 2.56. The molecule has 1 nitrogen and oxygen atoms in total. The van der Waals surface area contributed by atoms with Gasteiger partial charge in [-0.15, -0.1) is 0 Å². The molecule has 1 unspecified atom stereocenters. The summed E-state index contributed by atoms with van der Waals surface area (Å²) >= 11 is 3.45. The van der Waals surface area contributed by atoms with Gasteiger partial charge in [-0.1, -0.05) is 47.1 Å². The molecule has 0 aliphatic carbocycles. The Hall–Kier alpha value is -1.19. The van der Waals surface area contributed by atoms with E-state index in [9.17, 15) is 4.39 Å². The summed E-state index contributed by atoms with van der Waals surface area (Å²) in [6.07, 6.45) is 0.965. The molecule has 1 N–H and O–H groups in total. The molecular formula is C17H19BrFN. The molecule has 106 valence electrons. The zero-order valence-corrected chi connectivity index (χ0v) is 13.3. The molecule has 0 radical (unpaired) electrons. The van der Waals surface area contributed by atoms with Gasteiger partial charge in [0.2, 0.25) is 0 Å². The standard InChI is InChI=1S/C17H19BrFN/c1-3-17(14-6-10-16(19)11-7-14)20-12(2)13-4-8-15(18)9-5-13/h4-12,17,20H,3H2,1-2H3/t12-,17?/m1/s1. The summed E-state index contributed by atoms with van der Waals surface area (Å²) in [7, 11) is 0. The number of rotatable bonds is 5. The number of halogens is 2. The smallest absolute Gasteiger partial charge is 0.123 e. The van der Waals surface area contributed by atoms with Crippen LogP contribution in [0.1, 0.15) is 43.5 Å². The summed E-state index contributed by atoms with van der Waals surface area (Å²) in [5, 5.41) is 3.60. The first kappa shape index (κ1) is 15.2. The van der Waals surface area contributed by atoms with Crippen molar-refractivity contribution in [3.63, 3.8) is 0 Å². The molecule has 0 heterocycles. The first-order valence-corrected chi connectivity index (χ1v) is 7.66. The summed E-state index contributed by atoms with van der Waals surface area (Å²) < 4.78 is 14.1.